The van der Waals surface area contributed by atoms with Gasteiger partial charge in [-0.1, -0.05) is 34.1 Å². The van der Waals surface area contributed by atoms with Gasteiger partial charge < -0.3 is 10.2 Å². The fourth-order valence-electron chi connectivity index (χ4n) is 3.04. The number of nitrogens with zero attached hydrogens (tertiary/aromatic N) is 1. The molecule has 6 heteroatoms. The summed E-state index contributed by atoms with van der Waals surface area (Å²) in [5.74, 6) is -0.304. The maximum atomic E-state index is 13.8. The van der Waals surface area contributed by atoms with E-state index in [0.717, 1.165) is 18.5 Å². The fraction of sp³-hybridized carbons (Fsp3) is 0.300. The summed E-state index contributed by atoms with van der Waals surface area (Å²) in [6, 6.07) is 12.3. The van der Waals surface area contributed by atoms with Crippen molar-refractivity contribution >= 4 is 33.4 Å². The van der Waals surface area contributed by atoms with Crippen LogP contribution in [0.1, 0.15) is 30.4 Å². The minimum absolute atomic E-state index is 0.165. The lowest BCUT2D eigenvalue weighted by Gasteiger charge is -2.16. The third kappa shape index (κ3) is 4.91. The van der Waals surface area contributed by atoms with Crippen molar-refractivity contribution in [2.75, 3.05) is 11.9 Å². The number of anilines is 1. The van der Waals surface area contributed by atoms with Crippen LogP contribution in [0.3, 0.4) is 0 Å². The highest BCUT2D eigenvalue weighted by Crippen LogP contribution is 2.19. The lowest BCUT2D eigenvalue weighted by Crippen LogP contribution is -2.23. The molecule has 1 aliphatic heterocycles. The number of halogens is 2. The average Bonchev–Trinajstić information content (AvgIpc) is 2.99. The van der Waals surface area contributed by atoms with Crippen molar-refractivity contribution in [3.05, 3.63) is 63.9 Å². The zero-order valence-electron chi connectivity index (χ0n) is 14.3. The number of likely N-dealkylation sites (tertiary alicyclic amines) is 1. The predicted octanol–water partition coefficient (Wildman–Crippen LogP) is 4.28. The van der Waals surface area contributed by atoms with Crippen LogP contribution >= 0.6 is 15.9 Å². The van der Waals surface area contributed by atoms with E-state index in [1.54, 1.807) is 12.1 Å². The number of hydrogen-bond donors (Lipinski definition) is 1. The van der Waals surface area contributed by atoms with Crippen molar-refractivity contribution in [1.82, 2.24) is 4.90 Å². The molecule has 1 saturated heterocycles. The first kappa shape index (κ1) is 18.6. The summed E-state index contributed by atoms with van der Waals surface area (Å²) in [6.07, 6.45) is 2.06. The van der Waals surface area contributed by atoms with Gasteiger partial charge in [-0.15, -0.1) is 0 Å². The number of aryl methyl sites for hydroxylation is 1. The molecule has 2 amide bonds. The summed E-state index contributed by atoms with van der Waals surface area (Å²) >= 11 is 3.22. The highest BCUT2D eigenvalue weighted by atomic mass is 79.9. The SMILES string of the molecule is O=C(CCc1ccc(Br)cc1F)Nc1cccc(CN2CCCC2=O)c1. The molecule has 4 nitrogen and oxygen atoms in total. The first-order chi connectivity index (χ1) is 12.5. The number of amides is 2. The van der Waals surface area contributed by atoms with Gasteiger partial charge in [-0.3, -0.25) is 9.59 Å². The van der Waals surface area contributed by atoms with Gasteiger partial charge in [0.1, 0.15) is 5.82 Å². The first-order valence-electron chi connectivity index (χ1n) is 8.62. The third-order valence-corrected chi connectivity index (χ3v) is 4.89. The van der Waals surface area contributed by atoms with Crippen LogP contribution < -0.4 is 5.32 Å². The van der Waals surface area contributed by atoms with Crippen molar-refractivity contribution in [3.8, 4) is 0 Å². The number of carbonyl (C=O) groups excluding carboxylic acids is 2. The van der Waals surface area contributed by atoms with Crippen molar-refractivity contribution in [2.24, 2.45) is 0 Å². The van der Waals surface area contributed by atoms with Crippen molar-refractivity contribution in [3.63, 3.8) is 0 Å². The molecule has 1 aliphatic rings. The molecule has 0 bridgehead atoms. The summed E-state index contributed by atoms with van der Waals surface area (Å²) in [5, 5.41) is 2.85. The molecule has 0 saturated carbocycles. The Kier molecular flexibility index (Phi) is 6.04. The van der Waals surface area contributed by atoms with Gasteiger partial charge in [0.25, 0.3) is 0 Å². The average molecular weight is 419 g/mol. The summed E-state index contributed by atoms with van der Waals surface area (Å²) in [7, 11) is 0. The highest BCUT2D eigenvalue weighted by Gasteiger charge is 2.20. The van der Waals surface area contributed by atoms with Crippen molar-refractivity contribution in [2.45, 2.75) is 32.2 Å². The van der Waals surface area contributed by atoms with Crippen molar-refractivity contribution < 1.29 is 14.0 Å². The number of nitrogens with one attached hydrogen (secondary N) is 1. The van der Waals surface area contributed by atoms with E-state index in [9.17, 15) is 14.0 Å². The number of rotatable bonds is 6. The Balaban J connectivity index is 1.55. The zero-order chi connectivity index (χ0) is 18.5. The smallest absolute Gasteiger partial charge is 0.224 e. The summed E-state index contributed by atoms with van der Waals surface area (Å²) in [4.78, 5) is 25.7. The minimum Gasteiger partial charge on any atom is -0.338 e. The number of benzene rings is 2. The van der Waals surface area contributed by atoms with Crippen molar-refractivity contribution in [1.29, 1.82) is 0 Å². The van der Waals surface area contributed by atoms with Gasteiger partial charge >= 0.3 is 0 Å². The van der Waals surface area contributed by atoms with Gasteiger partial charge in [0.2, 0.25) is 11.8 Å². The Hall–Kier alpha value is -2.21. The van der Waals surface area contributed by atoms with E-state index >= 15 is 0 Å². The zero-order valence-corrected chi connectivity index (χ0v) is 15.9. The van der Waals surface area contributed by atoms with Gasteiger partial charge in [-0.25, -0.2) is 4.39 Å². The van der Waals surface area contributed by atoms with E-state index < -0.39 is 0 Å². The lowest BCUT2D eigenvalue weighted by molar-refractivity contribution is -0.128. The maximum Gasteiger partial charge on any atom is 0.224 e. The number of hydrogen-bond acceptors (Lipinski definition) is 2. The van der Waals surface area contributed by atoms with Gasteiger partial charge in [-0.2, -0.15) is 0 Å². The van der Waals surface area contributed by atoms with Crippen LogP contribution in [0.5, 0.6) is 0 Å². The first-order valence-corrected chi connectivity index (χ1v) is 9.41. The third-order valence-electron chi connectivity index (χ3n) is 4.39. The molecule has 0 aliphatic carbocycles. The monoisotopic (exact) mass is 418 g/mol. The molecule has 0 radical (unpaired) electrons. The molecule has 1 N–H and O–H groups in total. The quantitative estimate of drug-likeness (QED) is 0.760. The van der Waals surface area contributed by atoms with Gasteiger partial charge in [0.15, 0.2) is 0 Å². The molecule has 0 spiro atoms. The Morgan fingerprint density at radius 1 is 1.23 bits per heavy atom. The molecule has 1 fully saturated rings. The fourth-order valence-corrected chi connectivity index (χ4v) is 3.37. The van der Waals surface area contributed by atoms with E-state index in [1.165, 1.54) is 6.07 Å². The normalized spacial score (nSPS) is 13.9. The van der Waals surface area contributed by atoms with Gasteiger partial charge in [0, 0.05) is 36.1 Å². The Morgan fingerprint density at radius 3 is 2.81 bits per heavy atom. The van der Waals surface area contributed by atoms with Crippen LogP contribution in [0.2, 0.25) is 0 Å². The molecule has 0 atom stereocenters. The summed E-state index contributed by atoms with van der Waals surface area (Å²) < 4.78 is 14.5. The van der Waals surface area contributed by atoms with Crippen LogP contribution in [0.15, 0.2) is 46.9 Å². The van der Waals surface area contributed by atoms with E-state index in [2.05, 4.69) is 21.2 Å². The molecule has 3 rings (SSSR count). The second-order valence-corrected chi connectivity index (χ2v) is 7.32. The van der Waals surface area contributed by atoms with Crippen LogP contribution in [0, 0.1) is 5.82 Å². The molecule has 26 heavy (non-hydrogen) atoms. The van der Waals surface area contributed by atoms with Crippen LogP contribution in [0.4, 0.5) is 10.1 Å². The maximum absolute atomic E-state index is 13.8. The van der Waals surface area contributed by atoms with E-state index in [4.69, 9.17) is 0 Å². The molecule has 0 aromatic heterocycles. The van der Waals surface area contributed by atoms with Crippen LogP contribution in [0.25, 0.3) is 0 Å². The molecule has 0 unspecified atom stereocenters. The lowest BCUT2D eigenvalue weighted by atomic mass is 10.1. The second kappa shape index (κ2) is 8.45. The van der Waals surface area contributed by atoms with Crippen LogP contribution in [-0.2, 0) is 22.6 Å². The predicted molar refractivity (Wildman–Crippen MR) is 102 cm³/mol. The molecule has 1 heterocycles. The number of carbonyl (C=O) groups is 2. The second-order valence-electron chi connectivity index (χ2n) is 6.40. The minimum atomic E-state index is -0.315. The molecule has 2 aromatic rings. The molecule has 2 aromatic carbocycles. The van der Waals surface area contributed by atoms with E-state index in [0.29, 0.717) is 35.1 Å². The van der Waals surface area contributed by atoms with Gasteiger partial charge in [-0.05, 0) is 48.2 Å². The largest absolute Gasteiger partial charge is 0.338 e. The van der Waals surface area contributed by atoms with Gasteiger partial charge in [0.05, 0.1) is 0 Å². The Morgan fingerprint density at radius 2 is 2.08 bits per heavy atom. The van der Waals surface area contributed by atoms with Crippen LogP contribution in [-0.4, -0.2) is 23.3 Å². The summed E-state index contributed by atoms with van der Waals surface area (Å²) in [5.41, 5.74) is 2.19. The Bertz CT molecular complexity index is 825. The van der Waals surface area contributed by atoms with E-state index in [-0.39, 0.29) is 24.1 Å². The topological polar surface area (TPSA) is 49.4 Å². The molecular formula is C20H20BrFN2O2. The highest BCUT2D eigenvalue weighted by molar-refractivity contribution is 9.10. The summed E-state index contributed by atoms with van der Waals surface area (Å²) in [6.45, 7) is 1.35. The standard InChI is InChI=1S/C20H20BrFN2O2/c21-16-8-6-15(18(22)12-16)7-9-19(25)23-17-4-1-3-14(11-17)13-24-10-2-5-20(24)26/h1,3-4,6,8,11-12H,2,5,7,9-10,13H2,(H,23,25). The molecule has 136 valence electrons. The van der Waals surface area contributed by atoms with E-state index in [1.807, 2.05) is 29.2 Å². The molecular weight excluding hydrogens is 399 g/mol. The Labute approximate surface area is 160 Å².